The van der Waals surface area contributed by atoms with Gasteiger partial charge in [0, 0.05) is 0 Å². The van der Waals surface area contributed by atoms with Crippen LogP contribution in [0.4, 0.5) is 0 Å². The molecule has 0 unspecified atom stereocenters. The molecule has 132 valence electrons. The predicted octanol–water partition coefficient (Wildman–Crippen LogP) is 2.66. The Morgan fingerprint density at radius 3 is 2.83 bits per heavy atom. The number of rotatable bonds is 7. The summed E-state index contributed by atoms with van der Waals surface area (Å²) in [5.41, 5.74) is 1.83. The molecule has 2 N–H and O–H groups in total. The number of carboxylic acid groups (broad SMARTS) is 1. The van der Waals surface area contributed by atoms with Gasteiger partial charge in [-0.05, 0) is 62.3 Å². The van der Waals surface area contributed by atoms with Crippen molar-refractivity contribution in [3.8, 4) is 5.75 Å². The van der Waals surface area contributed by atoms with Crippen LogP contribution in [0.25, 0.3) is 0 Å². The van der Waals surface area contributed by atoms with Crippen LogP contribution in [0.1, 0.15) is 37.8 Å². The molecule has 24 heavy (non-hydrogen) atoms. The SMILES string of the molecule is CSCC[C@H](NC(=O)Cc1ccc2c(c1)CCC(C)(C)O2)C(=O)O. The van der Waals surface area contributed by atoms with E-state index in [-0.39, 0.29) is 17.9 Å². The third-order valence-corrected chi connectivity index (χ3v) is 4.76. The Morgan fingerprint density at radius 1 is 1.42 bits per heavy atom. The average molecular weight is 351 g/mol. The first-order valence-electron chi connectivity index (χ1n) is 8.12. The highest BCUT2D eigenvalue weighted by molar-refractivity contribution is 7.98. The van der Waals surface area contributed by atoms with Crippen LogP contribution < -0.4 is 10.1 Å². The van der Waals surface area contributed by atoms with Gasteiger partial charge in [0.15, 0.2) is 0 Å². The molecule has 1 aromatic carbocycles. The monoisotopic (exact) mass is 351 g/mol. The van der Waals surface area contributed by atoms with Crippen LogP contribution in [0.2, 0.25) is 0 Å². The van der Waals surface area contributed by atoms with Gasteiger partial charge in [0.05, 0.1) is 6.42 Å². The molecule has 0 bridgehead atoms. The minimum absolute atomic E-state index is 0.155. The fourth-order valence-electron chi connectivity index (χ4n) is 2.75. The third-order valence-electron chi connectivity index (χ3n) is 4.12. The van der Waals surface area contributed by atoms with Crippen molar-refractivity contribution in [2.45, 2.75) is 51.2 Å². The van der Waals surface area contributed by atoms with Crippen LogP contribution in [0.15, 0.2) is 18.2 Å². The van der Waals surface area contributed by atoms with Gasteiger partial charge in [-0.25, -0.2) is 4.79 Å². The lowest BCUT2D eigenvalue weighted by molar-refractivity contribution is -0.141. The number of fused-ring (bicyclic) bond motifs is 1. The molecular formula is C18H25NO4S. The molecule has 0 fully saturated rings. The minimum Gasteiger partial charge on any atom is -0.488 e. The van der Waals surface area contributed by atoms with E-state index in [2.05, 4.69) is 19.2 Å². The lowest BCUT2D eigenvalue weighted by atomic mass is 9.93. The highest BCUT2D eigenvalue weighted by Gasteiger charge is 2.26. The molecule has 1 amide bonds. The molecule has 1 aliphatic heterocycles. The second-order valence-electron chi connectivity index (χ2n) is 6.72. The van der Waals surface area contributed by atoms with E-state index in [0.717, 1.165) is 29.7 Å². The Morgan fingerprint density at radius 2 is 2.17 bits per heavy atom. The van der Waals surface area contributed by atoms with E-state index in [9.17, 15) is 14.7 Å². The molecule has 6 heteroatoms. The fourth-order valence-corrected chi connectivity index (χ4v) is 3.22. The van der Waals surface area contributed by atoms with Crippen LogP contribution in [-0.2, 0) is 22.4 Å². The number of thioether (sulfide) groups is 1. The van der Waals surface area contributed by atoms with E-state index in [1.807, 2.05) is 24.5 Å². The van der Waals surface area contributed by atoms with Gasteiger partial charge in [-0.3, -0.25) is 4.79 Å². The topological polar surface area (TPSA) is 75.6 Å². The zero-order chi connectivity index (χ0) is 17.7. The van der Waals surface area contributed by atoms with Crippen LogP contribution in [0.5, 0.6) is 5.75 Å². The molecule has 5 nitrogen and oxygen atoms in total. The zero-order valence-corrected chi connectivity index (χ0v) is 15.2. The van der Waals surface area contributed by atoms with E-state index >= 15 is 0 Å². The summed E-state index contributed by atoms with van der Waals surface area (Å²) in [4.78, 5) is 23.4. The number of aliphatic carboxylic acids is 1. The molecule has 0 aromatic heterocycles. The Kier molecular flexibility index (Phi) is 6.15. The lowest BCUT2D eigenvalue weighted by Gasteiger charge is -2.32. The maximum absolute atomic E-state index is 12.1. The molecule has 0 spiro atoms. The number of ether oxygens (including phenoxy) is 1. The van der Waals surface area contributed by atoms with Crippen molar-refractivity contribution in [2.75, 3.05) is 12.0 Å². The number of hydrogen-bond donors (Lipinski definition) is 2. The van der Waals surface area contributed by atoms with E-state index in [1.54, 1.807) is 11.8 Å². The van der Waals surface area contributed by atoms with Crippen molar-refractivity contribution in [2.24, 2.45) is 0 Å². The standard InChI is InChI=1S/C18H25NO4S/c1-18(2)8-6-13-10-12(4-5-15(13)23-18)11-16(20)19-14(17(21)22)7-9-24-3/h4-5,10,14H,6-9,11H2,1-3H3,(H,19,20)(H,21,22)/t14-/m0/s1. The van der Waals surface area contributed by atoms with E-state index < -0.39 is 12.0 Å². The maximum atomic E-state index is 12.1. The first-order valence-corrected chi connectivity index (χ1v) is 9.52. The summed E-state index contributed by atoms with van der Waals surface area (Å²) < 4.78 is 5.94. The van der Waals surface area contributed by atoms with Gasteiger partial charge in [0.2, 0.25) is 5.91 Å². The number of hydrogen-bond acceptors (Lipinski definition) is 4. The number of carbonyl (C=O) groups excluding carboxylic acids is 1. The maximum Gasteiger partial charge on any atom is 0.326 e. The molecule has 0 radical (unpaired) electrons. The smallest absolute Gasteiger partial charge is 0.326 e. The quantitative estimate of drug-likeness (QED) is 0.790. The van der Waals surface area contributed by atoms with E-state index in [4.69, 9.17) is 4.74 Å². The molecule has 0 saturated carbocycles. The van der Waals surface area contributed by atoms with Crippen molar-refractivity contribution in [1.82, 2.24) is 5.32 Å². The number of nitrogens with one attached hydrogen (secondary N) is 1. The second-order valence-corrected chi connectivity index (χ2v) is 7.71. The Balaban J connectivity index is 1.98. The number of amides is 1. The van der Waals surface area contributed by atoms with Gasteiger partial charge in [0.25, 0.3) is 0 Å². The minimum atomic E-state index is -0.988. The highest BCUT2D eigenvalue weighted by Crippen LogP contribution is 2.33. The van der Waals surface area contributed by atoms with Crippen LogP contribution >= 0.6 is 11.8 Å². The fraction of sp³-hybridized carbons (Fsp3) is 0.556. The summed E-state index contributed by atoms with van der Waals surface area (Å²) in [7, 11) is 0. The first kappa shape index (κ1) is 18.6. The Labute approximate surface area is 147 Å². The van der Waals surface area contributed by atoms with Crippen molar-refractivity contribution in [3.63, 3.8) is 0 Å². The molecule has 1 aliphatic rings. The molecule has 0 saturated heterocycles. The van der Waals surface area contributed by atoms with Crippen molar-refractivity contribution < 1.29 is 19.4 Å². The van der Waals surface area contributed by atoms with Gasteiger partial charge in [-0.1, -0.05) is 12.1 Å². The lowest BCUT2D eigenvalue weighted by Crippen LogP contribution is -2.41. The number of carboxylic acids is 1. The summed E-state index contributed by atoms with van der Waals surface area (Å²) in [5, 5.41) is 11.8. The van der Waals surface area contributed by atoms with Gasteiger partial charge < -0.3 is 15.2 Å². The van der Waals surface area contributed by atoms with Crippen LogP contribution in [-0.4, -0.2) is 40.6 Å². The van der Waals surface area contributed by atoms with E-state index in [0.29, 0.717) is 12.2 Å². The summed E-state index contributed by atoms with van der Waals surface area (Å²) in [6.07, 6.45) is 4.38. The largest absolute Gasteiger partial charge is 0.488 e. The van der Waals surface area contributed by atoms with Crippen molar-refractivity contribution in [3.05, 3.63) is 29.3 Å². The molecule has 1 atom stereocenters. The highest BCUT2D eigenvalue weighted by atomic mass is 32.2. The van der Waals surface area contributed by atoms with Gasteiger partial charge >= 0.3 is 5.97 Å². The van der Waals surface area contributed by atoms with Gasteiger partial charge in [0.1, 0.15) is 17.4 Å². The number of aryl methyl sites for hydroxylation is 1. The number of carbonyl (C=O) groups is 2. The summed E-state index contributed by atoms with van der Waals surface area (Å²) in [5.74, 6) is 0.321. The summed E-state index contributed by atoms with van der Waals surface area (Å²) in [6.45, 7) is 4.13. The van der Waals surface area contributed by atoms with Crippen LogP contribution in [0.3, 0.4) is 0 Å². The van der Waals surface area contributed by atoms with Crippen molar-refractivity contribution in [1.29, 1.82) is 0 Å². The predicted molar refractivity (Wildman–Crippen MR) is 95.7 cm³/mol. The Bertz CT molecular complexity index is 615. The summed E-state index contributed by atoms with van der Waals surface area (Å²) >= 11 is 1.57. The summed E-state index contributed by atoms with van der Waals surface area (Å²) in [6, 6.07) is 4.94. The van der Waals surface area contributed by atoms with Gasteiger partial charge in [-0.15, -0.1) is 0 Å². The molecule has 1 aromatic rings. The first-order chi connectivity index (χ1) is 11.3. The van der Waals surface area contributed by atoms with Crippen LogP contribution in [0, 0.1) is 0 Å². The number of benzene rings is 1. The average Bonchev–Trinajstić information content (AvgIpc) is 2.50. The normalized spacial score (nSPS) is 16.6. The van der Waals surface area contributed by atoms with E-state index in [1.165, 1.54) is 0 Å². The van der Waals surface area contributed by atoms with Gasteiger partial charge in [-0.2, -0.15) is 11.8 Å². The second kappa shape index (κ2) is 7.92. The third kappa shape index (κ3) is 5.16. The molecular weight excluding hydrogens is 326 g/mol. The molecule has 2 rings (SSSR count). The zero-order valence-electron chi connectivity index (χ0n) is 14.4. The van der Waals surface area contributed by atoms with Crippen molar-refractivity contribution >= 4 is 23.6 Å². The Hall–Kier alpha value is -1.69. The molecule has 1 heterocycles. The molecule has 0 aliphatic carbocycles.